The Labute approximate surface area is 153 Å². The first-order valence-corrected chi connectivity index (χ1v) is 10.7. The molecular weight excluding hydrogens is 290 g/mol. The van der Waals surface area contributed by atoms with Crippen LogP contribution in [0.3, 0.4) is 0 Å². The standard InChI is InChI=1S/C23H46N/c1-6-8-10-11-12-13-14-15-16-17-18-19-21-24(4,5)22-23(3)20-9-7-2/h9,20H,3,6-8,10-19,21-22H2,1-2,4-5H3/q+1/b20-9-. The number of quaternary nitrogens is 1. The molecule has 0 aromatic carbocycles. The number of hydrogen-bond donors (Lipinski definition) is 0. The van der Waals surface area contributed by atoms with Crippen molar-refractivity contribution in [3.05, 3.63) is 24.3 Å². The van der Waals surface area contributed by atoms with Gasteiger partial charge in [0.05, 0.1) is 20.6 Å². The van der Waals surface area contributed by atoms with E-state index in [-0.39, 0.29) is 0 Å². The van der Waals surface area contributed by atoms with Gasteiger partial charge in [0.25, 0.3) is 0 Å². The molecule has 142 valence electrons. The summed E-state index contributed by atoms with van der Waals surface area (Å²) in [5.41, 5.74) is 1.26. The van der Waals surface area contributed by atoms with Gasteiger partial charge in [0, 0.05) is 0 Å². The van der Waals surface area contributed by atoms with Crippen molar-refractivity contribution < 1.29 is 4.48 Å². The lowest BCUT2D eigenvalue weighted by Gasteiger charge is -2.30. The van der Waals surface area contributed by atoms with Gasteiger partial charge in [0.2, 0.25) is 0 Å². The minimum Gasteiger partial charge on any atom is -0.325 e. The Morgan fingerprint density at radius 1 is 0.750 bits per heavy atom. The van der Waals surface area contributed by atoms with Crippen LogP contribution in [0.2, 0.25) is 0 Å². The van der Waals surface area contributed by atoms with Gasteiger partial charge in [0.1, 0.15) is 6.54 Å². The zero-order valence-electron chi connectivity index (χ0n) is 17.4. The van der Waals surface area contributed by atoms with Gasteiger partial charge in [-0.3, -0.25) is 0 Å². The highest BCUT2D eigenvalue weighted by Crippen LogP contribution is 2.13. The molecule has 0 radical (unpaired) electrons. The van der Waals surface area contributed by atoms with E-state index in [0.717, 1.165) is 17.4 Å². The molecule has 0 N–H and O–H groups in total. The third kappa shape index (κ3) is 16.3. The number of hydrogen-bond acceptors (Lipinski definition) is 0. The van der Waals surface area contributed by atoms with Crippen LogP contribution < -0.4 is 0 Å². The molecule has 0 heterocycles. The fraction of sp³-hybridized carbons (Fsp3) is 0.826. The molecule has 0 rings (SSSR count). The number of allylic oxidation sites excluding steroid dienone is 1. The van der Waals surface area contributed by atoms with Gasteiger partial charge < -0.3 is 4.48 Å². The fourth-order valence-electron chi connectivity index (χ4n) is 3.35. The van der Waals surface area contributed by atoms with Gasteiger partial charge in [-0.2, -0.15) is 0 Å². The summed E-state index contributed by atoms with van der Waals surface area (Å²) in [6, 6.07) is 0. The molecule has 0 unspecified atom stereocenters. The molecule has 1 heteroatoms. The van der Waals surface area contributed by atoms with Crippen LogP contribution in [0.15, 0.2) is 24.3 Å². The largest absolute Gasteiger partial charge is 0.325 e. The summed E-state index contributed by atoms with van der Waals surface area (Å²) in [7, 11) is 4.67. The maximum absolute atomic E-state index is 4.18. The molecule has 0 atom stereocenters. The van der Waals surface area contributed by atoms with Crippen molar-refractivity contribution in [2.45, 2.75) is 97.3 Å². The van der Waals surface area contributed by atoms with Gasteiger partial charge in [-0.05, 0) is 24.8 Å². The quantitative estimate of drug-likeness (QED) is 0.149. The molecule has 0 saturated carbocycles. The average Bonchev–Trinajstić information content (AvgIpc) is 2.53. The average molecular weight is 337 g/mol. The smallest absolute Gasteiger partial charge is 0.103 e. The van der Waals surface area contributed by atoms with Gasteiger partial charge in [-0.15, -0.1) is 0 Å². The SMILES string of the molecule is C=C(/C=C\CC)C[N+](C)(C)CCCCCCCCCCCCCC. The first-order chi connectivity index (χ1) is 11.5. The molecule has 0 aliphatic heterocycles. The summed E-state index contributed by atoms with van der Waals surface area (Å²) in [4.78, 5) is 0. The summed E-state index contributed by atoms with van der Waals surface area (Å²) < 4.78 is 1.07. The van der Waals surface area contributed by atoms with E-state index < -0.39 is 0 Å². The number of likely N-dealkylation sites (N-methyl/N-ethyl adjacent to an activating group) is 1. The van der Waals surface area contributed by atoms with E-state index in [1.54, 1.807) is 0 Å². The Bertz CT molecular complexity index is 314. The van der Waals surface area contributed by atoms with E-state index in [9.17, 15) is 0 Å². The van der Waals surface area contributed by atoms with Crippen molar-refractivity contribution in [1.29, 1.82) is 0 Å². The second-order valence-corrected chi connectivity index (χ2v) is 8.18. The van der Waals surface area contributed by atoms with Gasteiger partial charge in [-0.25, -0.2) is 0 Å². The molecule has 0 aliphatic rings. The number of nitrogens with zero attached hydrogens (tertiary/aromatic N) is 1. The van der Waals surface area contributed by atoms with Crippen molar-refractivity contribution >= 4 is 0 Å². The topological polar surface area (TPSA) is 0 Å². The first-order valence-electron chi connectivity index (χ1n) is 10.7. The third-order valence-electron chi connectivity index (χ3n) is 4.84. The van der Waals surface area contributed by atoms with Crippen LogP contribution in [0, 0.1) is 0 Å². The van der Waals surface area contributed by atoms with Crippen LogP contribution >= 0.6 is 0 Å². The highest BCUT2D eigenvalue weighted by molar-refractivity contribution is 5.14. The monoisotopic (exact) mass is 336 g/mol. The Hall–Kier alpha value is -0.560. The van der Waals surface area contributed by atoms with Crippen molar-refractivity contribution in [2.24, 2.45) is 0 Å². The molecule has 24 heavy (non-hydrogen) atoms. The highest BCUT2D eigenvalue weighted by Gasteiger charge is 2.14. The van der Waals surface area contributed by atoms with Crippen molar-refractivity contribution in [3.8, 4) is 0 Å². The molecule has 0 fully saturated rings. The molecule has 0 aromatic heterocycles. The van der Waals surface area contributed by atoms with E-state index in [1.807, 2.05) is 0 Å². The molecule has 0 amide bonds. The van der Waals surface area contributed by atoms with Crippen LogP contribution in [0.4, 0.5) is 0 Å². The van der Waals surface area contributed by atoms with Gasteiger partial charge >= 0.3 is 0 Å². The summed E-state index contributed by atoms with van der Waals surface area (Å²) >= 11 is 0. The summed E-state index contributed by atoms with van der Waals surface area (Å²) in [5.74, 6) is 0. The molecule has 0 aromatic rings. The molecule has 0 bridgehead atoms. The zero-order chi connectivity index (χ0) is 18.1. The van der Waals surface area contributed by atoms with Crippen molar-refractivity contribution in [2.75, 3.05) is 27.2 Å². The Morgan fingerprint density at radius 2 is 1.21 bits per heavy atom. The third-order valence-corrected chi connectivity index (χ3v) is 4.84. The number of rotatable bonds is 17. The predicted molar refractivity (Wildman–Crippen MR) is 111 cm³/mol. The lowest BCUT2D eigenvalue weighted by molar-refractivity contribution is -0.885. The van der Waals surface area contributed by atoms with Crippen molar-refractivity contribution in [1.82, 2.24) is 0 Å². The maximum Gasteiger partial charge on any atom is 0.103 e. The Balaban J connectivity index is 3.45. The van der Waals surface area contributed by atoms with E-state index in [0.29, 0.717) is 0 Å². The molecule has 1 nitrogen and oxygen atoms in total. The van der Waals surface area contributed by atoms with Crippen molar-refractivity contribution in [3.63, 3.8) is 0 Å². The van der Waals surface area contributed by atoms with E-state index in [4.69, 9.17) is 0 Å². The lowest BCUT2D eigenvalue weighted by atomic mass is 10.1. The summed E-state index contributed by atoms with van der Waals surface area (Å²) in [6.45, 7) is 11.0. The lowest BCUT2D eigenvalue weighted by Crippen LogP contribution is -2.41. The van der Waals surface area contributed by atoms with Crippen LogP contribution in [0.25, 0.3) is 0 Å². The fourth-order valence-corrected chi connectivity index (χ4v) is 3.35. The number of unbranched alkanes of at least 4 members (excludes halogenated alkanes) is 11. The Morgan fingerprint density at radius 3 is 1.67 bits per heavy atom. The van der Waals surface area contributed by atoms with E-state index in [1.165, 1.54) is 89.2 Å². The second-order valence-electron chi connectivity index (χ2n) is 8.18. The van der Waals surface area contributed by atoms with Gasteiger partial charge in [0.15, 0.2) is 0 Å². The van der Waals surface area contributed by atoms with Gasteiger partial charge in [-0.1, -0.05) is 96.8 Å². The van der Waals surface area contributed by atoms with Crippen LogP contribution in [-0.4, -0.2) is 31.7 Å². The Kier molecular flexibility index (Phi) is 15.6. The normalized spacial score (nSPS) is 12.2. The minimum atomic E-state index is 1.07. The first kappa shape index (κ1) is 23.4. The molecule has 0 saturated heterocycles. The molecule has 0 aliphatic carbocycles. The maximum atomic E-state index is 4.18. The van der Waals surface area contributed by atoms with E-state index >= 15 is 0 Å². The van der Waals surface area contributed by atoms with Crippen LogP contribution in [-0.2, 0) is 0 Å². The second kappa shape index (κ2) is 15.9. The summed E-state index contributed by atoms with van der Waals surface area (Å²) in [5, 5.41) is 0. The predicted octanol–water partition coefficient (Wildman–Crippen LogP) is 7.29. The van der Waals surface area contributed by atoms with Crippen LogP contribution in [0.1, 0.15) is 97.3 Å². The molecular formula is C23H46N+. The molecule has 0 spiro atoms. The minimum absolute atomic E-state index is 1.07. The van der Waals surface area contributed by atoms with E-state index in [2.05, 4.69) is 46.7 Å². The van der Waals surface area contributed by atoms with Crippen LogP contribution in [0.5, 0.6) is 0 Å². The zero-order valence-corrected chi connectivity index (χ0v) is 17.4. The summed E-state index contributed by atoms with van der Waals surface area (Å²) in [6.07, 6.45) is 22.6. The highest BCUT2D eigenvalue weighted by atomic mass is 15.3.